The molecule has 4 aromatic rings. The van der Waals surface area contributed by atoms with Gasteiger partial charge in [-0.2, -0.15) is 12.6 Å². The van der Waals surface area contributed by atoms with Gasteiger partial charge in [0.25, 0.3) is 0 Å². The van der Waals surface area contributed by atoms with Gasteiger partial charge in [0, 0.05) is 12.1 Å². The maximum absolute atomic E-state index is 14.2. The minimum absolute atomic E-state index is 0.129. The average Bonchev–Trinajstić information content (AvgIpc) is 3.53. The van der Waals surface area contributed by atoms with Gasteiger partial charge in [0.15, 0.2) is 0 Å². The van der Waals surface area contributed by atoms with Crippen LogP contribution in [0.3, 0.4) is 0 Å². The Morgan fingerprint density at radius 1 is 0.837 bits per heavy atom. The summed E-state index contributed by atoms with van der Waals surface area (Å²) in [5, 5.41) is 12.4. The summed E-state index contributed by atoms with van der Waals surface area (Å²) in [6.45, 7) is 0. The number of carbonyl (C=O) groups excluding carboxylic acids is 2. The van der Waals surface area contributed by atoms with E-state index in [0.29, 0.717) is 24.9 Å². The number of nitrogens with one attached hydrogen (secondary N) is 1. The third kappa shape index (κ3) is 5.69. The molecule has 4 aromatic carbocycles. The Hall–Kier alpha value is -4.36. The molecule has 0 bridgehead atoms. The van der Waals surface area contributed by atoms with Gasteiger partial charge in [0.05, 0.1) is 5.25 Å². The van der Waals surface area contributed by atoms with Crippen LogP contribution in [0.25, 0.3) is 22.3 Å². The van der Waals surface area contributed by atoms with E-state index in [9.17, 15) is 19.5 Å². The molecule has 0 spiro atoms. The molecule has 0 radical (unpaired) electrons. The molecule has 1 fully saturated rings. The summed E-state index contributed by atoms with van der Waals surface area (Å²) in [6.07, 6.45) is 3.04. The first kappa shape index (κ1) is 28.7. The van der Waals surface area contributed by atoms with Crippen LogP contribution in [0.5, 0.6) is 0 Å². The van der Waals surface area contributed by atoms with Crippen molar-refractivity contribution in [3.8, 4) is 22.3 Å². The fraction of sp³-hybridized carbons (Fsp3) is 0.250. The van der Waals surface area contributed by atoms with E-state index in [1.807, 2.05) is 103 Å². The molecule has 7 heteroatoms. The number of aliphatic carboxylic acids is 1. The van der Waals surface area contributed by atoms with E-state index in [1.165, 1.54) is 0 Å². The van der Waals surface area contributed by atoms with E-state index in [1.54, 1.807) is 4.90 Å². The minimum atomic E-state index is -1.19. The van der Waals surface area contributed by atoms with Crippen molar-refractivity contribution in [1.29, 1.82) is 0 Å². The molecule has 2 N–H and O–H groups in total. The molecule has 6 nitrogen and oxygen atoms in total. The number of carbonyl (C=O) groups is 3. The molecule has 0 saturated heterocycles. The van der Waals surface area contributed by atoms with Gasteiger partial charge in [-0.25, -0.2) is 4.79 Å². The number of hydrogen-bond donors (Lipinski definition) is 3. The first-order valence-electron chi connectivity index (χ1n) is 14.7. The molecule has 0 aromatic heterocycles. The molecular weight excluding hydrogens is 556 g/mol. The number of anilines is 1. The molecule has 1 aliphatic carbocycles. The van der Waals surface area contributed by atoms with Gasteiger partial charge in [-0.3, -0.25) is 14.5 Å². The van der Waals surface area contributed by atoms with Crippen molar-refractivity contribution in [1.82, 2.24) is 5.32 Å². The van der Waals surface area contributed by atoms with Crippen LogP contribution in [0.1, 0.15) is 36.8 Å². The van der Waals surface area contributed by atoms with Crippen LogP contribution in [0.15, 0.2) is 103 Å². The Morgan fingerprint density at radius 2 is 1.40 bits per heavy atom. The number of hydrogen-bond acceptors (Lipinski definition) is 4. The summed E-state index contributed by atoms with van der Waals surface area (Å²) >= 11 is 4.62. The number of carboxylic acids is 1. The monoisotopic (exact) mass is 590 g/mol. The van der Waals surface area contributed by atoms with Crippen LogP contribution in [0.2, 0.25) is 0 Å². The second kappa shape index (κ2) is 12.1. The maximum Gasteiger partial charge on any atom is 0.326 e. The molecule has 2 aliphatic rings. The van der Waals surface area contributed by atoms with E-state index in [2.05, 4.69) is 17.9 Å². The summed E-state index contributed by atoms with van der Waals surface area (Å²) in [6, 6.07) is 32.5. The van der Waals surface area contributed by atoms with Crippen molar-refractivity contribution in [2.45, 2.75) is 55.4 Å². The van der Waals surface area contributed by atoms with Gasteiger partial charge < -0.3 is 10.4 Å². The maximum atomic E-state index is 14.2. The van der Waals surface area contributed by atoms with Crippen molar-refractivity contribution in [3.63, 3.8) is 0 Å². The van der Waals surface area contributed by atoms with Crippen molar-refractivity contribution in [2.75, 3.05) is 4.90 Å². The standard InChI is InChI=1S/C36H34N2O4S/c39-33-32(43)23-29-18-17-28(26-11-5-2-6-12-26)22-31(29)38(33)36(19-7-8-20-36)35(42)37-30(34(40)41)21-24-13-15-27(16-14-24)25-9-3-1-4-10-25/h1-6,9-18,22,30,32,43H,7-8,19-21,23H2,(H,37,42)(H,40,41)/t30-,32-/m0/s1. The highest BCUT2D eigenvalue weighted by molar-refractivity contribution is 7.81. The molecule has 1 heterocycles. The van der Waals surface area contributed by atoms with Gasteiger partial charge in [-0.1, -0.05) is 110 Å². The smallest absolute Gasteiger partial charge is 0.326 e. The number of carboxylic acid groups (broad SMARTS) is 1. The lowest BCUT2D eigenvalue weighted by molar-refractivity contribution is -0.142. The van der Waals surface area contributed by atoms with Crippen molar-refractivity contribution in [2.24, 2.45) is 0 Å². The van der Waals surface area contributed by atoms with E-state index < -0.39 is 28.7 Å². The topological polar surface area (TPSA) is 86.7 Å². The zero-order valence-electron chi connectivity index (χ0n) is 23.8. The second-order valence-electron chi connectivity index (χ2n) is 11.5. The number of fused-ring (bicyclic) bond motifs is 1. The van der Waals surface area contributed by atoms with Crippen LogP contribution in [-0.2, 0) is 27.2 Å². The summed E-state index contributed by atoms with van der Waals surface area (Å²) < 4.78 is 0. The lowest BCUT2D eigenvalue weighted by Gasteiger charge is -2.45. The summed E-state index contributed by atoms with van der Waals surface area (Å²) in [7, 11) is 0. The van der Waals surface area contributed by atoms with E-state index >= 15 is 0 Å². The van der Waals surface area contributed by atoms with Crippen molar-refractivity contribution in [3.05, 3.63) is 114 Å². The Kier molecular flexibility index (Phi) is 8.08. The van der Waals surface area contributed by atoms with Crippen LogP contribution >= 0.6 is 12.6 Å². The SMILES string of the molecule is O=C(O)[C@H](Cc1ccc(-c2ccccc2)cc1)NC(=O)C1(N2C(=O)[C@@H](S)Cc3ccc(-c4ccccc4)cc32)CCCC1. The molecule has 1 saturated carbocycles. The van der Waals surface area contributed by atoms with E-state index in [0.717, 1.165) is 46.2 Å². The predicted octanol–water partition coefficient (Wildman–Crippen LogP) is 6.33. The van der Waals surface area contributed by atoms with Gasteiger partial charge in [-0.15, -0.1) is 0 Å². The lowest BCUT2D eigenvalue weighted by atomic mass is 9.87. The molecule has 0 unspecified atom stereocenters. The van der Waals surface area contributed by atoms with Gasteiger partial charge in [-0.05, 0) is 58.7 Å². The summed E-state index contributed by atoms with van der Waals surface area (Å²) in [5.41, 5.74) is 5.34. The molecule has 2 amide bonds. The van der Waals surface area contributed by atoms with Crippen LogP contribution in [0, 0.1) is 0 Å². The first-order chi connectivity index (χ1) is 20.9. The zero-order chi connectivity index (χ0) is 30.0. The van der Waals surface area contributed by atoms with Crippen LogP contribution in [0.4, 0.5) is 5.69 Å². The van der Waals surface area contributed by atoms with Gasteiger partial charge in [0.1, 0.15) is 11.6 Å². The average molecular weight is 591 g/mol. The van der Waals surface area contributed by atoms with Gasteiger partial charge in [0.2, 0.25) is 11.8 Å². The van der Waals surface area contributed by atoms with E-state index in [-0.39, 0.29) is 12.3 Å². The Bertz CT molecular complexity index is 1630. The molecule has 1 aliphatic heterocycles. The fourth-order valence-electron chi connectivity index (χ4n) is 6.46. The third-order valence-electron chi connectivity index (χ3n) is 8.74. The highest BCUT2D eigenvalue weighted by atomic mass is 32.1. The van der Waals surface area contributed by atoms with Gasteiger partial charge >= 0.3 is 5.97 Å². The predicted molar refractivity (Wildman–Crippen MR) is 172 cm³/mol. The number of nitrogens with zero attached hydrogens (tertiary/aromatic N) is 1. The summed E-state index contributed by atoms with van der Waals surface area (Å²) in [5.74, 6) is -1.76. The van der Waals surface area contributed by atoms with E-state index in [4.69, 9.17) is 0 Å². The molecule has 2 atom stereocenters. The second-order valence-corrected chi connectivity index (χ2v) is 12.1. The normalized spacial score (nSPS) is 18.1. The lowest BCUT2D eigenvalue weighted by Crippen LogP contribution is -2.64. The fourth-order valence-corrected chi connectivity index (χ4v) is 6.78. The van der Waals surface area contributed by atoms with Crippen LogP contribution < -0.4 is 10.2 Å². The number of thiol groups is 1. The third-order valence-corrected chi connectivity index (χ3v) is 9.14. The largest absolute Gasteiger partial charge is 0.480 e. The Morgan fingerprint density at radius 3 is 2.00 bits per heavy atom. The first-order valence-corrected chi connectivity index (χ1v) is 15.3. The minimum Gasteiger partial charge on any atom is -0.480 e. The van der Waals surface area contributed by atoms with Crippen molar-refractivity contribution >= 4 is 36.1 Å². The highest BCUT2D eigenvalue weighted by Crippen LogP contribution is 2.44. The molecular formula is C36H34N2O4S. The number of benzene rings is 4. The molecule has 43 heavy (non-hydrogen) atoms. The Balaban J connectivity index is 1.30. The molecule has 218 valence electrons. The summed E-state index contributed by atoms with van der Waals surface area (Å²) in [4.78, 5) is 42.2. The highest BCUT2D eigenvalue weighted by Gasteiger charge is 2.52. The molecule has 6 rings (SSSR count). The zero-order valence-corrected chi connectivity index (χ0v) is 24.7. The van der Waals surface area contributed by atoms with Crippen LogP contribution in [-0.4, -0.2) is 39.7 Å². The Labute approximate surface area is 257 Å². The number of rotatable bonds is 8. The van der Waals surface area contributed by atoms with Crippen molar-refractivity contribution < 1.29 is 19.5 Å². The number of amides is 2. The quantitative estimate of drug-likeness (QED) is 0.209.